The van der Waals surface area contributed by atoms with Gasteiger partial charge in [-0.1, -0.05) is 36.4 Å². The van der Waals surface area contributed by atoms with Crippen molar-refractivity contribution in [2.45, 2.75) is 34.0 Å². The number of sulfonamides is 1. The summed E-state index contributed by atoms with van der Waals surface area (Å²) in [5.41, 5.74) is 1.42. The quantitative estimate of drug-likeness (QED) is 0.315. The van der Waals surface area contributed by atoms with Crippen molar-refractivity contribution in [3.8, 4) is 5.75 Å². The van der Waals surface area contributed by atoms with Gasteiger partial charge in [-0.15, -0.1) is 36.3 Å². The molecule has 39 heavy (non-hydrogen) atoms. The molecule has 0 bridgehead atoms. The van der Waals surface area contributed by atoms with Crippen molar-refractivity contribution in [3.63, 3.8) is 0 Å². The summed E-state index contributed by atoms with van der Waals surface area (Å²) >= 11 is 2.33. The van der Waals surface area contributed by atoms with E-state index in [0.717, 1.165) is 39.6 Å². The third-order valence-corrected chi connectivity index (χ3v) is 10.2. The number of amides is 1. The van der Waals surface area contributed by atoms with E-state index in [1.54, 1.807) is 11.4 Å². The lowest BCUT2D eigenvalue weighted by Gasteiger charge is -2.23. The lowest BCUT2D eigenvalue weighted by molar-refractivity contribution is -0.274. The Balaban J connectivity index is 1.50. The molecular formula is C25H24F3N3O5S3. The van der Waals surface area contributed by atoms with Crippen LogP contribution in [0.5, 0.6) is 5.75 Å². The predicted molar refractivity (Wildman–Crippen MR) is 145 cm³/mol. The lowest BCUT2D eigenvalue weighted by atomic mass is 10.1. The molecule has 0 aliphatic carbocycles. The van der Waals surface area contributed by atoms with Gasteiger partial charge in [0.15, 0.2) is 0 Å². The Hall–Kier alpha value is -3.23. The van der Waals surface area contributed by atoms with Gasteiger partial charge < -0.3 is 20.2 Å². The average Bonchev–Trinajstić information content (AvgIpc) is 3.58. The van der Waals surface area contributed by atoms with Crippen LogP contribution >= 0.6 is 23.1 Å². The van der Waals surface area contributed by atoms with Crippen molar-refractivity contribution in [2.75, 3.05) is 23.2 Å². The molecule has 1 aliphatic heterocycles. The number of ether oxygens (including phenoxy) is 1. The number of alkyl halides is 3. The van der Waals surface area contributed by atoms with E-state index in [4.69, 9.17) is 0 Å². The maximum atomic E-state index is 13.1. The first kappa shape index (κ1) is 28.8. The SMILES string of the molecule is CN(c1cc(OC(F)(F)F)cc2c1NC(C(=O)NCC(C=O)SCc1ccccc1)C2)S(=O)(=O)c1cccs1. The molecule has 1 amide bonds. The van der Waals surface area contributed by atoms with Crippen molar-refractivity contribution >= 4 is 56.7 Å². The molecule has 3 aromatic rings. The molecule has 0 saturated heterocycles. The molecule has 1 aromatic heterocycles. The van der Waals surface area contributed by atoms with Gasteiger partial charge in [-0.25, -0.2) is 8.42 Å². The van der Waals surface area contributed by atoms with E-state index in [-0.39, 0.29) is 34.1 Å². The first-order chi connectivity index (χ1) is 18.5. The number of hydrogen-bond acceptors (Lipinski definition) is 8. The fourth-order valence-electron chi connectivity index (χ4n) is 3.95. The first-order valence-electron chi connectivity index (χ1n) is 11.6. The highest BCUT2D eigenvalue weighted by Crippen LogP contribution is 2.42. The zero-order valence-corrected chi connectivity index (χ0v) is 22.9. The van der Waals surface area contributed by atoms with Gasteiger partial charge in [-0.05, 0) is 28.6 Å². The molecule has 8 nitrogen and oxygen atoms in total. The Bertz CT molecular complexity index is 1420. The number of nitrogens with one attached hydrogen (secondary N) is 2. The Morgan fingerprint density at radius 2 is 2.00 bits per heavy atom. The molecular weight excluding hydrogens is 575 g/mol. The van der Waals surface area contributed by atoms with Crippen molar-refractivity contribution in [1.29, 1.82) is 0 Å². The monoisotopic (exact) mass is 599 g/mol. The number of benzene rings is 2. The summed E-state index contributed by atoms with van der Waals surface area (Å²) in [6.45, 7) is 0.0519. The second-order valence-corrected chi connectivity index (χ2v) is 12.9. The Morgan fingerprint density at radius 3 is 2.64 bits per heavy atom. The van der Waals surface area contributed by atoms with E-state index in [0.29, 0.717) is 5.75 Å². The standard InChI is InChI=1S/C25H24F3N3O5S3/c1-31(39(34,35)22-8-5-9-37-22)21-12-18(36-25(26,27)28)10-17-11-20(30-23(17)21)24(33)29-13-19(14-32)38-15-16-6-3-2-4-7-16/h2-10,12,14,19-20,30H,11,13,15H2,1H3,(H,29,33). The normalized spacial score (nSPS) is 15.6. The van der Waals surface area contributed by atoms with Crippen molar-refractivity contribution in [3.05, 3.63) is 71.1 Å². The van der Waals surface area contributed by atoms with Gasteiger partial charge in [0.05, 0.1) is 16.6 Å². The Labute approximate surface area is 231 Å². The largest absolute Gasteiger partial charge is 0.573 e. The topological polar surface area (TPSA) is 105 Å². The van der Waals surface area contributed by atoms with Crippen molar-refractivity contribution in [2.24, 2.45) is 0 Å². The molecule has 2 N–H and O–H groups in total. The lowest BCUT2D eigenvalue weighted by Crippen LogP contribution is -2.41. The number of anilines is 2. The van der Waals surface area contributed by atoms with E-state index in [9.17, 15) is 31.2 Å². The third kappa shape index (κ3) is 7.05. The van der Waals surface area contributed by atoms with Crippen molar-refractivity contribution < 1.29 is 35.9 Å². The molecule has 4 rings (SSSR count). The summed E-state index contributed by atoms with van der Waals surface area (Å²) in [5, 5.41) is 6.71. The minimum Gasteiger partial charge on any atom is -0.406 e. The Morgan fingerprint density at radius 1 is 1.26 bits per heavy atom. The zero-order chi connectivity index (χ0) is 28.2. The second-order valence-electron chi connectivity index (χ2n) is 8.55. The van der Waals surface area contributed by atoms with Gasteiger partial charge in [0.25, 0.3) is 10.0 Å². The summed E-state index contributed by atoms with van der Waals surface area (Å²) in [7, 11) is -2.87. The molecule has 2 unspecified atom stereocenters. The third-order valence-electron chi connectivity index (χ3n) is 5.85. The van der Waals surface area contributed by atoms with Crippen LogP contribution < -0.4 is 19.7 Å². The van der Waals surface area contributed by atoms with Crippen LogP contribution in [0.3, 0.4) is 0 Å². The van der Waals surface area contributed by atoms with E-state index in [1.807, 2.05) is 30.3 Å². The molecule has 14 heteroatoms. The van der Waals surface area contributed by atoms with Crippen LogP contribution in [0, 0.1) is 0 Å². The zero-order valence-electron chi connectivity index (χ0n) is 20.5. The van der Waals surface area contributed by atoms with E-state index >= 15 is 0 Å². The fourth-order valence-corrected chi connectivity index (χ4v) is 7.19. The highest BCUT2D eigenvalue weighted by atomic mass is 32.2. The molecule has 2 heterocycles. The molecule has 0 spiro atoms. The first-order valence-corrected chi connectivity index (χ1v) is 14.9. The number of carbonyl (C=O) groups excluding carboxylic acids is 2. The van der Waals surface area contributed by atoms with E-state index in [2.05, 4.69) is 15.4 Å². The smallest absolute Gasteiger partial charge is 0.406 e. The number of hydrogen-bond donors (Lipinski definition) is 2. The van der Waals surface area contributed by atoms with Crippen LogP contribution in [0.4, 0.5) is 24.5 Å². The molecule has 208 valence electrons. The van der Waals surface area contributed by atoms with Gasteiger partial charge in [0, 0.05) is 31.8 Å². The number of fused-ring (bicyclic) bond motifs is 1. The molecule has 2 aromatic carbocycles. The number of nitrogens with zero attached hydrogens (tertiary/aromatic N) is 1. The van der Waals surface area contributed by atoms with Crippen LogP contribution in [-0.2, 0) is 31.8 Å². The van der Waals surface area contributed by atoms with Gasteiger partial charge in [0.2, 0.25) is 5.91 Å². The number of halogens is 3. The molecule has 0 saturated carbocycles. The molecule has 2 atom stereocenters. The minimum atomic E-state index is -5.00. The predicted octanol–water partition coefficient (Wildman–Crippen LogP) is 4.43. The van der Waals surface area contributed by atoms with Crippen LogP contribution in [0.1, 0.15) is 11.1 Å². The summed E-state index contributed by atoms with van der Waals surface area (Å²) in [6, 6.07) is 13.6. The van der Waals surface area contributed by atoms with Gasteiger partial charge in [0.1, 0.15) is 22.3 Å². The van der Waals surface area contributed by atoms with Crippen LogP contribution in [-0.4, -0.2) is 51.9 Å². The summed E-state index contributed by atoms with van der Waals surface area (Å²) < 4.78 is 70.2. The van der Waals surface area contributed by atoms with Gasteiger partial charge in [-0.2, -0.15) is 0 Å². The average molecular weight is 600 g/mol. The van der Waals surface area contributed by atoms with Crippen LogP contribution in [0.15, 0.2) is 64.2 Å². The van der Waals surface area contributed by atoms with Gasteiger partial charge >= 0.3 is 6.36 Å². The van der Waals surface area contributed by atoms with Crippen molar-refractivity contribution in [1.82, 2.24) is 5.32 Å². The summed E-state index contributed by atoms with van der Waals surface area (Å²) in [6.07, 6.45) is -4.27. The van der Waals surface area contributed by atoms with E-state index in [1.165, 1.54) is 24.9 Å². The van der Waals surface area contributed by atoms with Gasteiger partial charge in [-0.3, -0.25) is 9.10 Å². The summed E-state index contributed by atoms with van der Waals surface area (Å²) in [4.78, 5) is 24.5. The van der Waals surface area contributed by atoms with E-state index < -0.39 is 39.3 Å². The maximum Gasteiger partial charge on any atom is 0.573 e. The fraction of sp³-hybridized carbons (Fsp3) is 0.280. The minimum absolute atomic E-state index is 0.00101. The highest BCUT2D eigenvalue weighted by molar-refractivity contribution is 7.99. The highest BCUT2D eigenvalue weighted by Gasteiger charge is 2.36. The van der Waals surface area contributed by atoms with Crippen LogP contribution in [0.25, 0.3) is 0 Å². The number of rotatable bonds is 11. The van der Waals surface area contributed by atoms with Crippen LogP contribution in [0.2, 0.25) is 0 Å². The maximum absolute atomic E-state index is 13.1. The Kier molecular flexibility index (Phi) is 8.76. The molecule has 1 aliphatic rings. The number of thioether (sulfide) groups is 1. The molecule has 0 fully saturated rings. The molecule has 0 radical (unpaired) electrons. The number of thiophene rings is 1. The summed E-state index contributed by atoms with van der Waals surface area (Å²) in [5.74, 6) is -0.513. The number of aldehydes is 1. The second kappa shape index (κ2) is 11.9. The number of carbonyl (C=O) groups is 2.